The summed E-state index contributed by atoms with van der Waals surface area (Å²) in [4.78, 5) is 17.0. The molecule has 98 valence electrons. The van der Waals surface area contributed by atoms with Crippen molar-refractivity contribution in [3.05, 3.63) is 45.9 Å². The first-order valence-corrected chi connectivity index (χ1v) is 7.06. The summed E-state index contributed by atoms with van der Waals surface area (Å²) in [6, 6.07) is 7.85. The molecule has 1 aliphatic rings. The van der Waals surface area contributed by atoms with Crippen molar-refractivity contribution in [2.75, 3.05) is 6.61 Å². The van der Waals surface area contributed by atoms with Crippen molar-refractivity contribution < 1.29 is 9.53 Å². The second-order valence-electron chi connectivity index (χ2n) is 4.47. The third-order valence-corrected chi connectivity index (χ3v) is 4.14. The predicted octanol–water partition coefficient (Wildman–Crippen LogP) is 2.71. The van der Waals surface area contributed by atoms with Gasteiger partial charge in [0.05, 0.1) is 23.9 Å². The van der Waals surface area contributed by atoms with E-state index in [-0.39, 0.29) is 11.9 Å². The van der Waals surface area contributed by atoms with Crippen LogP contribution in [0.1, 0.15) is 33.4 Å². The lowest BCUT2D eigenvalue weighted by atomic mass is 10.0. The van der Waals surface area contributed by atoms with Crippen LogP contribution in [0.3, 0.4) is 0 Å². The Kier molecular flexibility index (Phi) is 3.21. The van der Waals surface area contributed by atoms with Crippen LogP contribution in [-0.4, -0.2) is 17.5 Å². The molecule has 3 rings (SSSR count). The van der Waals surface area contributed by atoms with E-state index >= 15 is 0 Å². The largest absolute Gasteiger partial charge is 0.493 e. The van der Waals surface area contributed by atoms with Gasteiger partial charge in [-0.3, -0.25) is 4.79 Å². The molecule has 1 aliphatic heterocycles. The van der Waals surface area contributed by atoms with Gasteiger partial charge in [0, 0.05) is 12.0 Å². The molecule has 0 bridgehead atoms. The van der Waals surface area contributed by atoms with Crippen LogP contribution in [-0.2, 0) is 0 Å². The van der Waals surface area contributed by atoms with E-state index in [2.05, 4.69) is 10.3 Å². The second-order valence-corrected chi connectivity index (χ2v) is 5.32. The standard InChI is InChI=1S/C14H14N2O2S/c1-9-13(19-8-15-9)14(17)16-11-6-7-18-12-5-3-2-4-10(11)12/h2-5,8,11H,6-7H2,1H3,(H,16,17). The van der Waals surface area contributed by atoms with E-state index < -0.39 is 0 Å². The van der Waals surface area contributed by atoms with Crippen LogP contribution in [0.5, 0.6) is 5.75 Å². The Bertz CT molecular complexity index is 609. The fourth-order valence-electron chi connectivity index (χ4n) is 2.24. The molecule has 0 saturated heterocycles. The smallest absolute Gasteiger partial charge is 0.263 e. The highest BCUT2D eigenvalue weighted by Crippen LogP contribution is 2.31. The summed E-state index contributed by atoms with van der Waals surface area (Å²) in [7, 11) is 0. The SMILES string of the molecule is Cc1ncsc1C(=O)NC1CCOc2ccccc21. The van der Waals surface area contributed by atoms with Crippen molar-refractivity contribution >= 4 is 17.2 Å². The van der Waals surface area contributed by atoms with Crippen molar-refractivity contribution in [3.63, 3.8) is 0 Å². The van der Waals surface area contributed by atoms with E-state index in [1.165, 1.54) is 11.3 Å². The summed E-state index contributed by atoms with van der Waals surface area (Å²) in [5.74, 6) is 0.807. The van der Waals surface area contributed by atoms with Crippen molar-refractivity contribution in [1.29, 1.82) is 0 Å². The second kappa shape index (κ2) is 5.01. The van der Waals surface area contributed by atoms with Crippen LogP contribution in [0.25, 0.3) is 0 Å². The number of benzene rings is 1. The molecule has 1 aromatic heterocycles. The molecule has 4 nitrogen and oxygen atoms in total. The van der Waals surface area contributed by atoms with Crippen molar-refractivity contribution in [1.82, 2.24) is 10.3 Å². The summed E-state index contributed by atoms with van der Waals surface area (Å²) < 4.78 is 5.59. The average Bonchev–Trinajstić information content (AvgIpc) is 2.85. The predicted molar refractivity (Wildman–Crippen MR) is 73.6 cm³/mol. The summed E-state index contributed by atoms with van der Waals surface area (Å²) in [6.45, 7) is 2.48. The van der Waals surface area contributed by atoms with Gasteiger partial charge in [0.25, 0.3) is 5.91 Å². The quantitative estimate of drug-likeness (QED) is 0.916. The Morgan fingerprint density at radius 1 is 1.47 bits per heavy atom. The molecular weight excluding hydrogens is 260 g/mol. The molecule has 1 N–H and O–H groups in total. The number of ether oxygens (including phenoxy) is 1. The number of nitrogens with one attached hydrogen (secondary N) is 1. The maximum Gasteiger partial charge on any atom is 0.263 e. The summed E-state index contributed by atoms with van der Waals surface area (Å²) in [5, 5.41) is 3.07. The van der Waals surface area contributed by atoms with E-state index in [1.54, 1.807) is 5.51 Å². The van der Waals surface area contributed by atoms with Gasteiger partial charge in [0.2, 0.25) is 0 Å². The number of fused-ring (bicyclic) bond motifs is 1. The molecular formula is C14H14N2O2S. The molecule has 2 aromatic rings. The van der Waals surface area contributed by atoms with E-state index in [9.17, 15) is 4.79 Å². The average molecular weight is 274 g/mol. The van der Waals surface area contributed by atoms with Crippen LogP contribution >= 0.6 is 11.3 Å². The number of hydrogen-bond acceptors (Lipinski definition) is 4. The molecule has 0 aliphatic carbocycles. The Balaban J connectivity index is 1.82. The number of para-hydroxylation sites is 1. The van der Waals surface area contributed by atoms with Crippen LogP contribution in [0, 0.1) is 6.92 Å². The first-order chi connectivity index (χ1) is 9.25. The Labute approximate surface area is 115 Å². The molecule has 1 unspecified atom stereocenters. The van der Waals surface area contributed by atoms with E-state index in [0.717, 1.165) is 23.4 Å². The van der Waals surface area contributed by atoms with Crippen LogP contribution in [0.4, 0.5) is 0 Å². The molecule has 19 heavy (non-hydrogen) atoms. The highest BCUT2D eigenvalue weighted by Gasteiger charge is 2.24. The van der Waals surface area contributed by atoms with Gasteiger partial charge in [0.1, 0.15) is 10.6 Å². The number of aryl methyl sites for hydroxylation is 1. The molecule has 0 fully saturated rings. The normalized spacial score (nSPS) is 17.4. The maximum atomic E-state index is 12.2. The highest BCUT2D eigenvalue weighted by molar-refractivity contribution is 7.11. The Morgan fingerprint density at radius 2 is 2.32 bits per heavy atom. The van der Waals surface area contributed by atoms with Gasteiger partial charge in [-0.05, 0) is 13.0 Å². The van der Waals surface area contributed by atoms with Gasteiger partial charge >= 0.3 is 0 Å². The molecule has 0 radical (unpaired) electrons. The number of carbonyl (C=O) groups excluding carboxylic acids is 1. The van der Waals surface area contributed by atoms with Gasteiger partial charge in [0.15, 0.2) is 0 Å². The number of nitrogens with zero attached hydrogens (tertiary/aromatic N) is 1. The highest BCUT2D eigenvalue weighted by atomic mass is 32.1. The molecule has 1 aromatic carbocycles. The molecule has 1 amide bonds. The minimum absolute atomic E-state index is 0.0129. The lowest BCUT2D eigenvalue weighted by Crippen LogP contribution is -2.32. The van der Waals surface area contributed by atoms with E-state index in [4.69, 9.17) is 4.74 Å². The fourth-order valence-corrected chi connectivity index (χ4v) is 2.94. The Morgan fingerprint density at radius 3 is 3.11 bits per heavy atom. The van der Waals surface area contributed by atoms with Crippen LogP contribution in [0.2, 0.25) is 0 Å². The zero-order valence-corrected chi connectivity index (χ0v) is 11.4. The van der Waals surface area contributed by atoms with E-state index in [1.807, 2.05) is 31.2 Å². The molecule has 0 saturated carbocycles. The van der Waals surface area contributed by atoms with Gasteiger partial charge < -0.3 is 10.1 Å². The lowest BCUT2D eigenvalue weighted by Gasteiger charge is -2.26. The third-order valence-electron chi connectivity index (χ3n) is 3.22. The van der Waals surface area contributed by atoms with Gasteiger partial charge in [-0.2, -0.15) is 0 Å². The van der Waals surface area contributed by atoms with Crippen LogP contribution in [0.15, 0.2) is 29.8 Å². The monoisotopic (exact) mass is 274 g/mol. The molecule has 5 heteroatoms. The topological polar surface area (TPSA) is 51.2 Å². The number of rotatable bonds is 2. The fraction of sp³-hybridized carbons (Fsp3) is 0.286. The van der Waals surface area contributed by atoms with Gasteiger partial charge in [-0.25, -0.2) is 4.98 Å². The van der Waals surface area contributed by atoms with E-state index in [0.29, 0.717) is 11.5 Å². The van der Waals surface area contributed by atoms with Gasteiger partial charge in [-0.1, -0.05) is 18.2 Å². The zero-order valence-electron chi connectivity index (χ0n) is 10.6. The summed E-state index contributed by atoms with van der Waals surface area (Å²) >= 11 is 1.37. The molecule has 0 spiro atoms. The lowest BCUT2D eigenvalue weighted by molar-refractivity contribution is 0.0928. The summed E-state index contributed by atoms with van der Waals surface area (Å²) in [5.41, 5.74) is 3.52. The number of amides is 1. The van der Waals surface area contributed by atoms with Crippen molar-refractivity contribution in [3.8, 4) is 5.75 Å². The molecule has 1 atom stereocenters. The Hall–Kier alpha value is -1.88. The third kappa shape index (κ3) is 2.33. The maximum absolute atomic E-state index is 12.2. The minimum Gasteiger partial charge on any atom is -0.493 e. The first kappa shape index (κ1) is 12.2. The van der Waals surface area contributed by atoms with Gasteiger partial charge in [-0.15, -0.1) is 11.3 Å². The number of carbonyl (C=O) groups is 1. The number of aromatic nitrogens is 1. The minimum atomic E-state index is -0.0540. The van der Waals surface area contributed by atoms with Crippen molar-refractivity contribution in [2.24, 2.45) is 0 Å². The van der Waals surface area contributed by atoms with Crippen LogP contribution < -0.4 is 10.1 Å². The van der Waals surface area contributed by atoms with Crippen molar-refractivity contribution in [2.45, 2.75) is 19.4 Å². The first-order valence-electron chi connectivity index (χ1n) is 6.18. The molecule has 2 heterocycles. The summed E-state index contributed by atoms with van der Waals surface area (Å²) in [6.07, 6.45) is 0.792. The number of hydrogen-bond donors (Lipinski definition) is 1. The zero-order chi connectivity index (χ0) is 13.2. The number of thiazole rings is 1.